The molecule has 0 bridgehead atoms. The van der Waals surface area contributed by atoms with Gasteiger partial charge in [0.1, 0.15) is 0 Å². The standard InChI is InChI=1S/C10H6ClN3S/c11-7-3-4-9-12-13-10(14(9)6-7)8-2-1-5-15-8/h1-6H. The third-order valence-electron chi connectivity index (χ3n) is 2.11. The van der Waals surface area contributed by atoms with Gasteiger partial charge in [-0.2, -0.15) is 0 Å². The molecule has 3 heterocycles. The number of rotatable bonds is 1. The highest BCUT2D eigenvalue weighted by atomic mass is 35.5. The van der Waals surface area contributed by atoms with E-state index in [-0.39, 0.29) is 0 Å². The molecule has 3 rings (SSSR count). The van der Waals surface area contributed by atoms with Crippen molar-refractivity contribution in [1.29, 1.82) is 0 Å². The number of thiophene rings is 1. The molecule has 5 heteroatoms. The maximum Gasteiger partial charge on any atom is 0.178 e. The largest absolute Gasteiger partial charge is 0.280 e. The van der Waals surface area contributed by atoms with E-state index < -0.39 is 0 Å². The van der Waals surface area contributed by atoms with Crippen molar-refractivity contribution < 1.29 is 0 Å². The Morgan fingerprint density at radius 2 is 2.13 bits per heavy atom. The molecular weight excluding hydrogens is 230 g/mol. The van der Waals surface area contributed by atoms with Crippen molar-refractivity contribution in [2.75, 3.05) is 0 Å². The van der Waals surface area contributed by atoms with Gasteiger partial charge in [-0.1, -0.05) is 17.7 Å². The Morgan fingerprint density at radius 3 is 2.93 bits per heavy atom. The molecule has 3 aromatic heterocycles. The third kappa shape index (κ3) is 1.42. The van der Waals surface area contributed by atoms with Crippen LogP contribution in [0.25, 0.3) is 16.3 Å². The molecule has 0 aromatic carbocycles. The molecule has 0 radical (unpaired) electrons. The smallest absolute Gasteiger partial charge is 0.178 e. The summed E-state index contributed by atoms with van der Waals surface area (Å²) in [6.07, 6.45) is 1.83. The maximum atomic E-state index is 5.94. The van der Waals surface area contributed by atoms with Crippen molar-refractivity contribution in [2.45, 2.75) is 0 Å². The maximum absolute atomic E-state index is 5.94. The summed E-state index contributed by atoms with van der Waals surface area (Å²) in [5.74, 6) is 0.836. The van der Waals surface area contributed by atoms with E-state index in [1.54, 1.807) is 11.3 Å². The van der Waals surface area contributed by atoms with Crippen LogP contribution in [0.4, 0.5) is 0 Å². The molecule has 0 aliphatic rings. The molecule has 0 atom stereocenters. The minimum absolute atomic E-state index is 0.681. The van der Waals surface area contributed by atoms with Crippen molar-refractivity contribution in [1.82, 2.24) is 14.6 Å². The zero-order chi connectivity index (χ0) is 10.3. The topological polar surface area (TPSA) is 30.2 Å². The summed E-state index contributed by atoms with van der Waals surface area (Å²) in [6, 6.07) is 7.67. The number of fused-ring (bicyclic) bond motifs is 1. The van der Waals surface area contributed by atoms with Gasteiger partial charge in [-0.15, -0.1) is 21.5 Å². The fraction of sp³-hybridized carbons (Fsp3) is 0. The van der Waals surface area contributed by atoms with E-state index in [4.69, 9.17) is 11.6 Å². The Bertz CT molecular complexity index is 600. The molecule has 0 aliphatic heterocycles. The fourth-order valence-corrected chi connectivity index (χ4v) is 2.30. The molecule has 0 fully saturated rings. The molecule has 0 N–H and O–H groups in total. The minimum Gasteiger partial charge on any atom is -0.280 e. The predicted octanol–water partition coefficient (Wildman–Crippen LogP) is 3.11. The number of aromatic nitrogens is 3. The first-order valence-electron chi connectivity index (χ1n) is 4.39. The number of halogens is 1. The van der Waals surface area contributed by atoms with Crippen LogP contribution in [0, 0.1) is 0 Å². The Kier molecular flexibility index (Phi) is 1.97. The second-order valence-corrected chi connectivity index (χ2v) is 4.46. The minimum atomic E-state index is 0.681. The van der Waals surface area contributed by atoms with Crippen LogP contribution in [0.15, 0.2) is 35.8 Å². The highest BCUT2D eigenvalue weighted by Crippen LogP contribution is 2.24. The van der Waals surface area contributed by atoms with Crippen molar-refractivity contribution in [3.8, 4) is 10.7 Å². The highest BCUT2D eigenvalue weighted by Gasteiger charge is 2.08. The van der Waals surface area contributed by atoms with Crippen LogP contribution in [-0.2, 0) is 0 Å². The van der Waals surface area contributed by atoms with Gasteiger partial charge in [0.2, 0.25) is 0 Å². The first kappa shape index (κ1) is 8.88. The molecular formula is C10H6ClN3S. The van der Waals surface area contributed by atoms with Crippen molar-refractivity contribution in [2.24, 2.45) is 0 Å². The molecule has 0 spiro atoms. The van der Waals surface area contributed by atoms with Crippen LogP contribution >= 0.6 is 22.9 Å². The number of pyridine rings is 1. The SMILES string of the molecule is Clc1ccc2nnc(-c3cccs3)n2c1. The average Bonchev–Trinajstić information content (AvgIpc) is 2.83. The summed E-state index contributed by atoms with van der Waals surface area (Å²) in [4.78, 5) is 1.09. The summed E-state index contributed by atoms with van der Waals surface area (Å²) in [5.41, 5.74) is 0.808. The average molecular weight is 236 g/mol. The summed E-state index contributed by atoms with van der Waals surface area (Å²) < 4.78 is 1.90. The zero-order valence-corrected chi connectivity index (χ0v) is 9.16. The Labute approximate surface area is 95.0 Å². The Morgan fingerprint density at radius 1 is 1.20 bits per heavy atom. The van der Waals surface area contributed by atoms with Crippen LogP contribution in [0.3, 0.4) is 0 Å². The van der Waals surface area contributed by atoms with Gasteiger partial charge in [0.25, 0.3) is 0 Å². The first-order valence-corrected chi connectivity index (χ1v) is 5.64. The van der Waals surface area contributed by atoms with Gasteiger partial charge in [-0.05, 0) is 23.6 Å². The Balaban J connectivity index is 2.32. The molecule has 0 unspecified atom stereocenters. The van der Waals surface area contributed by atoms with E-state index in [1.807, 2.05) is 40.2 Å². The molecule has 3 aromatic rings. The molecule has 15 heavy (non-hydrogen) atoms. The molecule has 0 amide bonds. The predicted molar refractivity (Wildman–Crippen MR) is 61.3 cm³/mol. The van der Waals surface area contributed by atoms with Gasteiger partial charge in [-0.25, -0.2) is 0 Å². The van der Waals surface area contributed by atoms with E-state index in [9.17, 15) is 0 Å². The second-order valence-electron chi connectivity index (χ2n) is 3.08. The van der Waals surface area contributed by atoms with Crippen molar-refractivity contribution in [3.63, 3.8) is 0 Å². The Hall–Kier alpha value is -1.39. The molecule has 0 saturated carbocycles. The highest BCUT2D eigenvalue weighted by molar-refractivity contribution is 7.13. The second kappa shape index (κ2) is 3.32. The van der Waals surface area contributed by atoms with Crippen LogP contribution in [0.2, 0.25) is 5.02 Å². The van der Waals surface area contributed by atoms with Gasteiger partial charge < -0.3 is 0 Å². The summed E-state index contributed by atoms with van der Waals surface area (Å²) in [6.45, 7) is 0. The zero-order valence-electron chi connectivity index (χ0n) is 7.59. The fourth-order valence-electron chi connectivity index (χ4n) is 1.44. The molecule has 3 nitrogen and oxygen atoms in total. The van der Waals surface area contributed by atoms with Gasteiger partial charge >= 0.3 is 0 Å². The lowest BCUT2D eigenvalue weighted by Crippen LogP contribution is -1.86. The van der Waals surface area contributed by atoms with Gasteiger partial charge in [0, 0.05) is 6.20 Å². The lowest BCUT2D eigenvalue weighted by molar-refractivity contribution is 1.12. The molecule has 0 aliphatic carbocycles. The normalized spacial score (nSPS) is 11.0. The van der Waals surface area contributed by atoms with E-state index >= 15 is 0 Å². The van der Waals surface area contributed by atoms with Crippen molar-refractivity contribution in [3.05, 3.63) is 40.9 Å². The summed E-state index contributed by atoms with van der Waals surface area (Å²) in [7, 11) is 0. The van der Waals surface area contributed by atoms with Gasteiger partial charge in [0.05, 0.1) is 9.90 Å². The van der Waals surface area contributed by atoms with Gasteiger partial charge in [0.15, 0.2) is 11.5 Å². The van der Waals surface area contributed by atoms with Crippen molar-refractivity contribution >= 4 is 28.6 Å². The number of hydrogen-bond acceptors (Lipinski definition) is 3. The van der Waals surface area contributed by atoms with E-state index in [0.29, 0.717) is 5.02 Å². The monoisotopic (exact) mass is 235 g/mol. The van der Waals surface area contributed by atoms with E-state index in [2.05, 4.69) is 10.2 Å². The van der Waals surface area contributed by atoms with Gasteiger partial charge in [-0.3, -0.25) is 4.40 Å². The van der Waals surface area contributed by atoms with Crippen LogP contribution in [0.5, 0.6) is 0 Å². The van der Waals surface area contributed by atoms with Crippen LogP contribution in [0.1, 0.15) is 0 Å². The lowest BCUT2D eigenvalue weighted by atomic mass is 10.4. The number of nitrogens with zero attached hydrogens (tertiary/aromatic N) is 3. The van der Waals surface area contributed by atoms with Crippen LogP contribution in [-0.4, -0.2) is 14.6 Å². The lowest BCUT2D eigenvalue weighted by Gasteiger charge is -1.96. The first-order chi connectivity index (χ1) is 7.34. The van der Waals surface area contributed by atoms with E-state index in [0.717, 1.165) is 16.3 Å². The summed E-state index contributed by atoms with van der Waals surface area (Å²) in [5, 5.41) is 10.9. The quantitative estimate of drug-likeness (QED) is 0.649. The van der Waals surface area contributed by atoms with E-state index in [1.165, 1.54) is 0 Å². The van der Waals surface area contributed by atoms with Crippen LogP contribution < -0.4 is 0 Å². The number of hydrogen-bond donors (Lipinski definition) is 0. The summed E-state index contributed by atoms with van der Waals surface area (Å²) >= 11 is 7.57. The molecule has 0 saturated heterocycles. The molecule has 74 valence electrons. The third-order valence-corrected chi connectivity index (χ3v) is 3.20.